The van der Waals surface area contributed by atoms with Crippen LogP contribution in [0.25, 0.3) is 0 Å². The van der Waals surface area contributed by atoms with Crippen molar-refractivity contribution in [2.24, 2.45) is 0 Å². The zero-order valence-corrected chi connectivity index (χ0v) is 21.6. The van der Waals surface area contributed by atoms with Crippen molar-refractivity contribution in [1.29, 1.82) is 0 Å². The van der Waals surface area contributed by atoms with Gasteiger partial charge in [0.15, 0.2) is 0 Å². The molecule has 4 rings (SSSR count). The molecule has 1 aliphatic heterocycles. The third kappa shape index (κ3) is 7.09. The quantitative estimate of drug-likeness (QED) is 0.349. The van der Waals surface area contributed by atoms with Gasteiger partial charge in [0.05, 0.1) is 12.8 Å². The molecule has 0 radical (unpaired) electrons. The Kier molecular flexibility index (Phi) is 8.47. The van der Waals surface area contributed by atoms with E-state index in [1.54, 1.807) is 0 Å². The third-order valence-corrected chi connectivity index (χ3v) is 6.89. The average Bonchev–Trinajstić information content (AvgIpc) is 3.28. The topological polar surface area (TPSA) is 48.8 Å². The number of hydrogen-bond acceptors (Lipinski definition) is 5. The molecule has 0 saturated carbocycles. The zero-order valence-electron chi connectivity index (χ0n) is 21.6. The molecular formula is C29H39N3O3. The lowest BCUT2D eigenvalue weighted by Crippen LogP contribution is -2.48. The number of likely N-dealkylation sites (tertiary alicyclic amines) is 1. The first-order valence-electron chi connectivity index (χ1n) is 12.6. The van der Waals surface area contributed by atoms with Gasteiger partial charge in [-0.3, -0.25) is 9.58 Å². The van der Waals surface area contributed by atoms with Crippen molar-refractivity contribution in [3.63, 3.8) is 0 Å². The van der Waals surface area contributed by atoms with Crippen LogP contribution in [0.2, 0.25) is 0 Å². The summed E-state index contributed by atoms with van der Waals surface area (Å²) in [7, 11) is 1.81. The molecular weight excluding hydrogens is 438 g/mol. The molecule has 6 nitrogen and oxygen atoms in total. The lowest BCUT2D eigenvalue weighted by Gasteiger charge is -2.40. The molecule has 0 N–H and O–H groups in total. The Morgan fingerprint density at radius 3 is 2.51 bits per heavy atom. The number of methoxy groups -OCH3 is 1. The van der Waals surface area contributed by atoms with Gasteiger partial charge in [-0.05, 0) is 68.5 Å². The minimum atomic E-state index is -0.230. The van der Waals surface area contributed by atoms with Gasteiger partial charge in [-0.2, -0.15) is 5.10 Å². The Balaban J connectivity index is 1.23. The maximum Gasteiger partial charge on any atom is 0.122 e. The molecule has 35 heavy (non-hydrogen) atoms. The Labute approximate surface area is 209 Å². The standard InChI is InChI=1S/C29H39N3O3/c1-23-9-10-28(25(3)17-23)35-22-29(33-4)11-14-31(15-12-29)21-26-7-5-8-27(18-26)34-16-6-13-32-20-24(2)19-30-32/h5,7-10,17-20H,6,11-16,21-22H2,1-4H3. The number of aromatic nitrogens is 2. The van der Waals surface area contributed by atoms with Crippen LogP contribution in [0.5, 0.6) is 11.5 Å². The van der Waals surface area contributed by atoms with E-state index in [0.29, 0.717) is 13.2 Å². The first-order valence-corrected chi connectivity index (χ1v) is 12.6. The van der Waals surface area contributed by atoms with Gasteiger partial charge in [0.1, 0.15) is 23.7 Å². The van der Waals surface area contributed by atoms with E-state index in [0.717, 1.165) is 56.9 Å². The van der Waals surface area contributed by atoms with Crippen LogP contribution in [-0.4, -0.2) is 53.7 Å². The molecule has 0 bridgehead atoms. The molecule has 0 spiro atoms. The number of piperidine rings is 1. The molecule has 0 amide bonds. The van der Waals surface area contributed by atoms with Crippen LogP contribution < -0.4 is 9.47 Å². The Bertz CT molecular complexity index is 1090. The van der Waals surface area contributed by atoms with Crippen LogP contribution in [0, 0.1) is 20.8 Å². The number of rotatable bonds is 11. The van der Waals surface area contributed by atoms with Crippen molar-refractivity contribution in [2.75, 3.05) is 33.4 Å². The first-order chi connectivity index (χ1) is 16.9. The van der Waals surface area contributed by atoms with Gasteiger partial charge in [0, 0.05) is 45.9 Å². The Morgan fingerprint density at radius 1 is 0.971 bits per heavy atom. The predicted molar refractivity (Wildman–Crippen MR) is 139 cm³/mol. The average molecular weight is 478 g/mol. The van der Waals surface area contributed by atoms with E-state index in [2.05, 4.69) is 73.4 Å². The monoisotopic (exact) mass is 477 g/mol. The highest BCUT2D eigenvalue weighted by Gasteiger charge is 2.35. The molecule has 0 unspecified atom stereocenters. The molecule has 2 heterocycles. The molecule has 6 heteroatoms. The second kappa shape index (κ2) is 11.7. The largest absolute Gasteiger partial charge is 0.494 e. The highest BCUT2D eigenvalue weighted by molar-refractivity contribution is 5.35. The Hall–Kier alpha value is -2.83. The molecule has 0 atom stereocenters. The first kappa shape index (κ1) is 25.3. The van der Waals surface area contributed by atoms with Crippen molar-refractivity contribution in [2.45, 2.75) is 58.7 Å². The van der Waals surface area contributed by atoms with Gasteiger partial charge >= 0.3 is 0 Å². The summed E-state index contributed by atoms with van der Waals surface area (Å²) in [5, 5.41) is 4.33. The molecule has 0 aliphatic carbocycles. The maximum atomic E-state index is 6.21. The fourth-order valence-corrected chi connectivity index (χ4v) is 4.69. The van der Waals surface area contributed by atoms with Crippen molar-refractivity contribution in [3.8, 4) is 11.5 Å². The number of hydrogen-bond donors (Lipinski definition) is 0. The lowest BCUT2D eigenvalue weighted by molar-refractivity contribution is -0.0840. The van der Waals surface area contributed by atoms with E-state index in [1.165, 1.54) is 22.3 Å². The minimum Gasteiger partial charge on any atom is -0.494 e. The van der Waals surface area contributed by atoms with Crippen LogP contribution in [0.1, 0.15) is 41.5 Å². The molecule has 1 aliphatic rings. The van der Waals surface area contributed by atoms with Gasteiger partial charge in [0.2, 0.25) is 0 Å². The van der Waals surface area contributed by atoms with Gasteiger partial charge in [0.25, 0.3) is 0 Å². The fourth-order valence-electron chi connectivity index (χ4n) is 4.69. The van der Waals surface area contributed by atoms with Gasteiger partial charge in [-0.25, -0.2) is 0 Å². The molecule has 3 aromatic rings. The molecule has 188 valence electrons. The Morgan fingerprint density at radius 2 is 1.80 bits per heavy atom. The number of ether oxygens (including phenoxy) is 3. The van der Waals surface area contributed by atoms with E-state index in [9.17, 15) is 0 Å². The van der Waals surface area contributed by atoms with Gasteiger partial charge in [-0.1, -0.05) is 29.8 Å². The van der Waals surface area contributed by atoms with Gasteiger partial charge < -0.3 is 14.2 Å². The van der Waals surface area contributed by atoms with Crippen molar-refractivity contribution in [1.82, 2.24) is 14.7 Å². The fraction of sp³-hybridized carbons (Fsp3) is 0.483. The van der Waals surface area contributed by atoms with E-state index < -0.39 is 0 Å². The number of benzene rings is 2. The predicted octanol–water partition coefficient (Wildman–Crippen LogP) is 5.34. The van der Waals surface area contributed by atoms with Crippen molar-refractivity contribution >= 4 is 0 Å². The summed E-state index contributed by atoms with van der Waals surface area (Å²) in [5.41, 5.74) is 4.66. The van der Waals surface area contributed by atoms with Crippen molar-refractivity contribution in [3.05, 3.63) is 77.1 Å². The van der Waals surface area contributed by atoms with Gasteiger partial charge in [-0.15, -0.1) is 0 Å². The molecule has 2 aromatic carbocycles. The second-order valence-electron chi connectivity index (χ2n) is 9.85. The summed E-state index contributed by atoms with van der Waals surface area (Å²) in [5.74, 6) is 1.88. The number of nitrogens with zero attached hydrogens (tertiary/aromatic N) is 3. The van der Waals surface area contributed by atoms with E-state index in [4.69, 9.17) is 14.2 Å². The van der Waals surface area contributed by atoms with Crippen LogP contribution in [0.4, 0.5) is 0 Å². The molecule has 1 fully saturated rings. The normalized spacial score (nSPS) is 15.8. The van der Waals surface area contributed by atoms with E-state index >= 15 is 0 Å². The zero-order chi connectivity index (χ0) is 24.7. The SMILES string of the molecule is COC1(COc2ccc(C)cc2C)CCN(Cc2cccc(OCCCn3cc(C)cn3)c2)CC1. The maximum absolute atomic E-state index is 6.21. The smallest absolute Gasteiger partial charge is 0.122 e. The van der Waals surface area contributed by atoms with E-state index in [1.807, 2.05) is 24.1 Å². The summed E-state index contributed by atoms with van der Waals surface area (Å²) in [4.78, 5) is 2.49. The highest BCUT2D eigenvalue weighted by Crippen LogP contribution is 2.29. The summed E-state index contributed by atoms with van der Waals surface area (Å²) in [6.07, 6.45) is 6.79. The lowest BCUT2D eigenvalue weighted by atomic mass is 9.91. The van der Waals surface area contributed by atoms with Crippen molar-refractivity contribution < 1.29 is 14.2 Å². The summed E-state index contributed by atoms with van der Waals surface area (Å²) in [6.45, 7) is 11.3. The van der Waals surface area contributed by atoms with E-state index in [-0.39, 0.29) is 5.60 Å². The number of aryl methyl sites for hydroxylation is 4. The van der Waals surface area contributed by atoms with Crippen LogP contribution in [-0.2, 0) is 17.8 Å². The summed E-state index contributed by atoms with van der Waals surface area (Å²) in [6, 6.07) is 14.8. The minimum absolute atomic E-state index is 0.230. The van der Waals surface area contributed by atoms with Crippen LogP contribution in [0.3, 0.4) is 0 Å². The highest BCUT2D eigenvalue weighted by atomic mass is 16.5. The van der Waals surface area contributed by atoms with Crippen LogP contribution in [0.15, 0.2) is 54.9 Å². The third-order valence-electron chi connectivity index (χ3n) is 6.89. The van der Waals surface area contributed by atoms with Crippen LogP contribution >= 0.6 is 0 Å². The summed E-state index contributed by atoms with van der Waals surface area (Å²) < 4.78 is 20.2. The second-order valence-corrected chi connectivity index (χ2v) is 9.85. The summed E-state index contributed by atoms with van der Waals surface area (Å²) >= 11 is 0. The molecule has 1 saturated heterocycles. The molecule has 1 aromatic heterocycles.